The van der Waals surface area contributed by atoms with E-state index in [1.165, 1.54) is 0 Å². The number of amides is 2. The molecule has 4 aromatic rings. The molecule has 34 heavy (non-hydrogen) atoms. The Bertz CT molecular complexity index is 1260. The summed E-state index contributed by atoms with van der Waals surface area (Å²) in [5.41, 5.74) is 3.27. The van der Waals surface area contributed by atoms with Gasteiger partial charge in [-0.2, -0.15) is 0 Å². The number of aliphatic hydroxyl groups excluding tert-OH is 1. The van der Waals surface area contributed by atoms with Gasteiger partial charge in [0.15, 0.2) is 0 Å². The van der Waals surface area contributed by atoms with Crippen LogP contribution in [0.1, 0.15) is 16.7 Å². The number of halogens is 1. The molecule has 7 nitrogen and oxygen atoms in total. The number of carbonyl (C=O) groups excluding carboxylic acids is 2. The number of aliphatic hydroxyl groups is 1. The fourth-order valence-corrected chi connectivity index (χ4v) is 3.78. The van der Waals surface area contributed by atoms with Gasteiger partial charge in [-0.25, -0.2) is 4.98 Å². The fourth-order valence-electron chi connectivity index (χ4n) is 3.66. The number of benzene rings is 2. The van der Waals surface area contributed by atoms with E-state index in [1.54, 1.807) is 36.7 Å². The fraction of sp³-hybridized carbons (Fsp3) is 0.192. The van der Waals surface area contributed by atoms with Gasteiger partial charge in [-0.05, 0) is 41.0 Å². The zero-order chi connectivity index (χ0) is 23.9. The largest absolute Gasteiger partial charge is 0.383 e. The van der Waals surface area contributed by atoms with Crippen molar-refractivity contribution in [1.29, 1.82) is 0 Å². The van der Waals surface area contributed by atoms with E-state index in [4.69, 9.17) is 11.6 Å². The number of aromatic nitrogens is 2. The van der Waals surface area contributed by atoms with Gasteiger partial charge in [0.05, 0.1) is 0 Å². The van der Waals surface area contributed by atoms with Crippen LogP contribution in [0.15, 0.2) is 79.1 Å². The van der Waals surface area contributed by atoms with Crippen molar-refractivity contribution in [3.8, 4) is 0 Å². The molecule has 2 atom stereocenters. The van der Waals surface area contributed by atoms with E-state index in [-0.39, 0.29) is 25.3 Å². The second kappa shape index (κ2) is 11.0. The second-order valence-electron chi connectivity index (χ2n) is 8.07. The Kier molecular flexibility index (Phi) is 7.57. The van der Waals surface area contributed by atoms with Crippen LogP contribution >= 0.6 is 11.6 Å². The van der Waals surface area contributed by atoms with E-state index in [0.29, 0.717) is 5.02 Å². The number of pyridine rings is 1. The smallest absolute Gasteiger partial charge is 0.249 e. The highest BCUT2D eigenvalue weighted by molar-refractivity contribution is 6.30. The van der Waals surface area contributed by atoms with Gasteiger partial charge in [0.1, 0.15) is 17.8 Å². The third kappa shape index (κ3) is 6.21. The topological polar surface area (TPSA) is 107 Å². The standard InChI is InChI=1S/C26H25ClN4O3/c27-21-8-6-18(7-9-21)13-22(31-26(34)23(32)14-17-4-2-1-3-5-17)25(33)30-16-19-12-20-10-11-28-24(20)29-15-19/h1-12,15,22-23,32H,13-14,16H2,(H,28,29)(H,30,33)(H,31,34)/t22-,23+/m0/s1. The molecular weight excluding hydrogens is 452 g/mol. The summed E-state index contributed by atoms with van der Waals surface area (Å²) < 4.78 is 0. The third-order valence-corrected chi connectivity index (χ3v) is 5.74. The summed E-state index contributed by atoms with van der Waals surface area (Å²) in [4.78, 5) is 33.1. The van der Waals surface area contributed by atoms with E-state index >= 15 is 0 Å². The molecule has 2 aromatic heterocycles. The summed E-state index contributed by atoms with van der Waals surface area (Å²) in [5.74, 6) is -0.960. The summed E-state index contributed by atoms with van der Waals surface area (Å²) in [5, 5.41) is 17.5. The number of aromatic amines is 1. The summed E-state index contributed by atoms with van der Waals surface area (Å²) in [7, 11) is 0. The molecule has 0 radical (unpaired) electrons. The third-order valence-electron chi connectivity index (χ3n) is 5.48. The molecule has 0 bridgehead atoms. The normalized spacial score (nSPS) is 12.8. The lowest BCUT2D eigenvalue weighted by Gasteiger charge is -2.21. The molecule has 2 heterocycles. The number of carbonyl (C=O) groups is 2. The van der Waals surface area contributed by atoms with Crippen LogP contribution < -0.4 is 10.6 Å². The minimum Gasteiger partial charge on any atom is -0.383 e. The molecule has 0 aliphatic heterocycles. The Hall–Kier alpha value is -3.68. The summed E-state index contributed by atoms with van der Waals surface area (Å²) in [6.07, 6.45) is 2.63. The van der Waals surface area contributed by atoms with E-state index in [0.717, 1.165) is 27.7 Å². The molecule has 0 unspecified atom stereocenters. The zero-order valence-electron chi connectivity index (χ0n) is 18.4. The Morgan fingerprint density at radius 1 is 0.941 bits per heavy atom. The number of hydrogen-bond donors (Lipinski definition) is 4. The van der Waals surface area contributed by atoms with Gasteiger partial charge in [0, 0.05) is 42.2 Å². The highest BCUT2D eigenvalue weighted by atomic mass is 35.5. The van der Waals surface area contributed by atoms with Gasteiger partial charge in [0.2, 0.25) is 11.8 Å². The SMILES string of the molecule is O=C(N[C@@H](Cc1ccc(Cl)cc1)C(=O)NCc1cnc2[nH]ccc2c1)[C@H](O)Cc1ccccc1. The van der Waals surface area contributed by atoms with Gasteiger partial charge >= 0.3 is 0 Å². The Balaban J connectivity index is 1.43. The van der Waals surface area contributed by atoms with E-state index < -0.39 is 18.1 Å². The van der Waals surface area contributed by atoms with Crippen molar-refractivity contribution in [2.75, 3.05) is 0 Å². The van der Waals surface area contributed by atoms with Crippen LogP contribution in [0.4, 0.5) is 0 Å². The van der Waals surface area contributed by atoms with Crippen molar-refractivity contribution in [1.82, 2.24) is 20.6 Å². The first kappa shape index (κ1) is 23.5. The lowest BCUT2D eigenvalue weighted by molar-refractivity contribution is -0.134. The predicted octanol–water partition coefficient (Wildman–Crippen LogP) is 3.16. The molecule has 8 heteroatoms. The van der Waals surface area contributed by atoms with Crippen LogP contribution in [0.25, 0.3) is 11.0 Å². The molecule has 174 valence electrons. The van der Waals surface area contributed by atoms with Crippen LogP contribution in [-0.4, -0.2) is 39.0 Å². The molecule has 0 aliphatic rings. The molecule has 2 amide bonds. The molecule has 0 fully saturated rings. The average molecular weight is 477 g/mol. The van der Waals surface area contributed by atoms with Crippen LogP contribution in [0, 0.1) is 0 Å². The van der Waals surface area contributed by atoms with Gasteiger partial charge in [-0.1, -0.05) is 54.1 Å². The Labute approximate surface area is 202 Å². The van der Waals surface area contributed by atoms with E-state index in [2.05, 4.69) is 20.6 Å². The minimum atomic E-state index is -1.27. The number of nitrogens with zero attached hydrogens (tertiary/aromatic N) is 1. The molecule has 2 aromatic carbocycles. The molecule has 4 N–H and O–H groups in total. The highest BCUT2D eigenvalue weighted by Crippen LogP contribution is 2.13. The maximum absolute atomic E-state index is 13.1. The van der Waals surface area contributed by atoms with Crippen molar-refractivity contribution >= 4 is 34.4 Å². The lowest BCUT2D eigenvalue weighted by atomic mass is 10.0. The molecule has 0 spiro atoms. The molecule has 0 saturated carbocycles. The Morgan fingerprint density at radius 2 is 1.68 bits per heavy atom. The zero-order valence-corrected chi connectivity index (χ0v) is 19.1. The van der Waals surface area contributed by atoms with Crippen LogP contribution in [0.3, 0.4) is 0 Å². The minimum absolute atomic E-state index is 0.157. The van der Waals surface area contributed by atoms with Crippen molar-refractivity contribution in [2.24, 2.45) is 0 Å². The predicted molar refractivity (Wildman–Crippen MR) is 131 cm³/mol. The summed E-state index contributed by atoms with van der Waals surface area (Å²) in [6.45, 7) is 0.256. The van der Waals surface area contributed by atoms with Gasteiger partial charge in [-0.3, -0.25) is 9.59 Å². The quantitative estimate of drug-likeness (QED) is 0.297. The van der Waals surface area contributed by atoms with Crippen molar-refractivity contribution in [2.45, 2.75) is 31.5 Å². The number of nitrogens with one attached hydrogen (secondary N) is 3. The van der Waals surface area contributed by atoms with Gasteiger partial charge < -0.3 is 20.7 Å². The maximum Gasteiger partial charge on any atom is 0.249 e. The van der Waals surface area contributed by atoms with Gasteiger partial charge in [-0.15, -0.1) is 0 Å². The second-order valence-corrected chi connectivity index (χ2v) is 8.51. The van der Waals surface area contributed by atoms with Crippen LogP contribution in [-0.2, 0) is 29.0 Å². The number of H-pyrrole nitrogens is 1. The molecule has 0 saturated heterocycles. The average Bonchev–Trinajstić information content (AvgIpc) is 3.32. The van der Waals surface area contributed by atoms with Crippen LogP contribution in [0.5, 0.6) is 0 Å². The van der Waals surface area contributed by atoms with Crippen molar-refractivity contribution in [3.05, 3.63) is 101 Å². The summed E-state index contributed by atoms with van der Waals surface area (Å²) in [6, 6.07) is 19.3. The summed E-state index contributed by atoms with van der Waals surface area (Å²) >= 11 is 5.97. The number of rotatable bonds is 9. The molecule has 4 rings (SSSR count). The van der Waals surface area contributed by atoms with Crippen molar-refractivity contribution < 1.29 is 14.7 Å². The highest BCUT2D eigenvalue weighted by Gasteiger charge is 2.25. The Morgan fingerprint density at radius 3 is 2.44 bits per heavy atom. The monoisotopic (exact) mass is 476 g/mol. The lowest BCUT2D eigenvalue weighted by Crippen LogP contribution is -2.51. The van der Waals surface area contributed by atoms with Gasteiger partial charge in [0.25, 0.3) is 0 Å². The maximum atomic E-state index is 13.1. The molecular formula is C26H25ClN4O3. The van der Waals surface area contributed by atoms with E-state index in [9.17, 15) is 14.7 Å². The number of hydrogen-bond acceptors (Lipinski definition) is 4. The molecule has 0 aliphatic carbocycles. The number of fused-ring (bicyclic) bond motifs is 1. The van der Waals surface area contributed by atoms with Crippen LogP contribution in [0.2, 0.25) is 5.02 Å². The first-order valence-electron chi connectivity index (χ1n) is 10.9. The van der Waals surface area contributed by atoms with Crippen molar-refractivity contribution in [3.63, 3.8) is 0 Å². The first-order valence-corrected chi connectivity index (χ1v) is 11.3. The van der Waals surface area contributed by atoms with E-state index in [1.807, 2.05) is 42.5 Å². The first-order chi connectivity index (χ1) is 16.5.